The maximum absolute atomic E-state index is 5.89. The lowest BCUT2D eigenvalue weighted by Crippen LogP contribution is -2.28. The van der Waals surface area contributed by atoms with Crippen molar-refractivity contribution < 1.29 is 0 Å². The van der Waals surface area contributed by atoms with Crippen molar-refractivity contribution in [2.24, 2.45) is 0 Å². The molecule has 1 heterocycles. The molecule has 0 radical (unpaired) electrons. The lowest BCUT2D eigenvalue weighted by atomic mass is 10.0. The van der Waals surface area contributed by atoms with Crippen LogP contribution in [0, 0.1) is 6.92 Å². The zero-order chi connectivity index (χ0) is 15.2. The summed E-state index contributed by atoms with van der Waals surface area (Å²) in [5.74, 6) is 0. The van der Waals surface area contributed by atoms with Gasteiger partial charge in [0, 0.05) is 17.5 Å². The Kier molecular flexibility index (Phi) is 6.09. The summed E-state index contributed by atoms with van der Waals surface area (Å²) >= 11 is 7.65. The van der Waals surface area contributed by atoms with Crippen LogP contribution in [0.2, 0.25) is 5.02 Å². The number of nitrogens with zero attached hydrogens (tertiary/aromatic N) is 1. The average molecular weight is 321 g/mol. The monoisotopic (exact) mass is 320 g/mol. The standard InChI is InChI=1S/C17H21ClN2S/c1-4-19-17(14-7-5-12(2)6-8-14)13(3)21-16-10-9-15(18)11-20-16/h5-11,13,17,19H,4H2,1-3H3. The second-order valence-electron chi connectivity index (χ2n) is 5.08. The third kappa shape index (κ3) is 4.73. The molecule has 0 aliphatic heterocycles. The fourth-order valence-electron chi connectivity index (χ4n) is 2.24. The minimum Gasteiger partial charge on any atom is -0.309 e. The average Bonchev–Trinajstić information content (AvgIpc) is 2.48. The molecular weight excluding hydrogens is 300 g/mol. The topological polar surface area (TPSA) is 24.9 Å². The Morgan fingerprint density at radius 2 is 1.90 bits per heavy atom. The van der Waals surface area contributed by atoms with Gasteiger partial charge in [-0.3, -0.25) is 0 Å². The van der Waals surface area contributed by atoms with Gasteiger partial charge in [-0.15, -0.1) is 11.8 Å². The fraction of sp³-hybridized carbons (Fsp3) is 0.353. The number of pyridine rings is 1. The quantitative estimate of drug-likeness (QED) is 0.768. The molecule has 1 aromatic heterocycles. The van der Waals surface area contributed by atoms with E-state index in [1.54, 1.807) is 18.0 Å². The zero-order valence-electron chi connectivity index (χ0n) is 12.6. The number of hydrogen-bond donors (Lipinski definition) is 1. The van der Waals surface area contributed by atoms with Crippen LogP contribution in [-0.2, 0) is 0 Å². The second-order valence-corrected chi connectivity index (χ2v) is 6.92. The lowest BCUT2D eigenvalue weighted by Gasteiger charge is -2.24. The number of nitrogens with one attached hydrogen (secondary N) is 1. The molecule has 0 bridgehead atoms. The molecule has 0 aliphatic carbocycles. The van der Waals surface area contributed by atoms with E-state index in [4.69, 9.17) is 11.6 Å². The van der Waals surface area contributed by atoms with Gasteiger partial charge < -0.3 is 5.32 Å². The van der Waals surface area contributed by atoms with Crippen molar-refractivity contribution in [2.45, 2.75) is 37.1 Å². The summed E-state index contributed by atoms with van der Waals surface area (Å²) in [6.07, 6.45) is 1.70. The van der Waals surface area contributed by atoms with Crippen LogP contribution >= 0.6 is 23.4 Å². The number of aromatic nitrogens is 1. The molecule has 2 aromatic rings. The summed E-state index contributed by atoms with van der Waals surface area (Å²) in [5.41, 5.74) is 2.60. The van der Waals surface area contributed by atoms with Gasteiger partial charge in [0.2, 0.25) is 0 Å². The number of benzene rings is 1. The molecule has 112 valence electrons. The SMILES string of the molecule is CCNC(c1ccc(C)cc1)C(C)Sc1ccc(Cl)cn1. The van der Waals surface area contributed by atoms with Gasteiger partial charge in [-0.1, -0.05) is 55.3 Å². The lowest BCUT2D eigenvalue weighted by molar-refractivity contribution is 0.547. The Morgan fingerprint density at radius 1 is 1.19 bits per heavy atom. The van der Waals surface area contributed by atoms with E-state index in [-0.39, 0.29) is 0 Å². The van der Waals surface area contributed by atoms with Crippen molar-refractivity contribution >= 4 is 23.4 Å². The smallest absolute Gasteiger partial charge is 0.0964 e. The first-order valence-corrected chi connectivity index (χ1v) is 8.44. The van der Waals surface area contributed by atoms with Crippen molar-refractivity contribution in [2.75, 3.05) is 6.54 Å². The highest BCUT2D eigenvalue weighted by Gasteiger charge is 2.19. The summed E-state index contributed by atoms with van der Waals surface area (Å²) in [7, 11) is 0. The molecule has 2 unspecified atom stereocenters. The fourth-order valence-corrected chi connectivity index (χ4v) is 3.38. The van der Waals surface area contributed by atoms with Crippen molar-refractivity contribution in [3.05, 3.63) is 58.7 Å². The van der Waals surface area contributed by atoms with E-state index in [0.717, 1.165) is 11.6 Å². The number of thioether (sulfide) groups is 1. The first kappa shape index (κ1) is 16.3. The Bertz CT molecular complexity index is 554. The van der Waals surface area contributed by atoms with Gasteiger partial charge in [-0.25, -0.2) is 4.98 Å². The highest BCUT2D eigenvalue weighted by Crippen LogP contribution is 2.31. The van der Waals surface area contributed by atoms with Crippen molar-refractivity contribution in [1.82, 2.24) is 10.3 Å². The maximum atomic E-state index is 5.89. The molecule has 2 nitrogen and oxygen atoms in total. The normalized spacial score (nSPS) is 13.9. The van der Waals surface area contributed by atoms with Crippen molar-refractivity contribution in [3.63, 3.8) is 0 Å². The first-order chi connectivity index (χ1) is 10.1. The van der Waals surface area contributed by atoms with Gasteiger partial charge in [0.1, 0.15) is 0 Å². The number of halogens is 1. The molecule has 0 saturated heterocycles. The van der Waals surface area contributed by atoms with E-state index in [1.165, 1.54) is 11.1 Å². The van der Waals surface area contributed by atoms with Crippen LogP contribution in [0.15, 0.2) is 47.6 Å². The second kappa shape index (κ2) is 7.83. The van der Waals surface area contributed by atoms with Crippen LogP contribution in [0.1, 0.15) is 31.0 Å². The van der Waals surface area contributed by atoms with Crippen LogP contribution in [-0.4, -0.2) is 16.8 Å². The minimum atomic E-state index is 0.304. The Hall–Kier alpha value is -1.03. The molecule has 4 heteroatoms. The van der Waals surface area contributed by atoms with E-state index >= 15 is 0 Å². The number of aryl methyl sites for hydroxylation is 1. The molecule has 2 atom stereocenters. The largest absolute Gasteiger partial charge is 0.309 e. The van der Waals surface area contributed by atoms with Gasteiger partial charge in [-0.05, 0) is 31.2 Å². The van der Waals surface area contributed by atoms with Gasteiger partial charge in [-0.2, -0.15) is 0 Å². The molecule has 1 N–H and O–H groups in total. The van der Waals surface area contributed by atoms with Gasteiger partial charge >= 0.3 is 0 Å². The number of hydrogen-bond acceptors (Lipinski definition) is 3. The predicted octanol–water partition coefficient (Wildman–Crippen LogP) is 4.87. The van der Waals surface area contributed by atoms with Crippen LogP contribution in [0.3, 0.4) is 0 Å². The minimum absolute atomic E-state index is 0.304. The number of rotatable bonds is 6. The highest BCUT2D eigenvalue weighted by atomic mass is 35.5. The van der Waals surface area contributed by atoms with E-state index in [1.807, 2.05) is 12.1 Å². The molecule has 0 amide bonds. The molecule has 0 saturated carbocycles. The molecule has 0 aliphatic rings. The van der Waals surface area contributed by atoms with Crippen LogP contribution < -0.4 is 5.32 Å². The summed E-state index contributed by atoms with van der Waals surface area (Å²) in [5, 5.41) is 5.63. The van der Waals surface area contributed by atoms with Crippen LogP contribution in [0.25, 0.3) is 0 Å². The van der Waals surface area contributed by atoms with E-state index in [9.17, 15) is 0 Å². The van der Waals surface area contributed by atoms with Gasteiger partial charge in [0.05, 0.1) is 10.0 Å². The molecule has 1 aromatic carbocycles. The van der Waals surface area contributed by atoms with Gasteiger partial charge in [0.25, 0.3) is 0 Å². The summed E-state index contributed by atoms with van der Waals surface area (Å²) < 4.78 is 0. The summed E-state index contributed by atoms with van der Waals surface area (Å²) in [6, 6.07) is 12.9. The summed E-state index contributed by atoms with van der Waals surface area (Å²) in [4.78, 5) is 4.37. The van der Waals surface area contributed by atoms with Crippen LogP contribution in [0.5, 0.6) is 0 Å². The van der Waals surface area contributed by atoms with Crippen LogP contribution in [0.4, 0.5) is 0 Å². The molecule has 21 heavy (non-hydrogen) atoms. The summed E-state index contributed by atoms with van der Waals surface area (Å²) in [6.45, 7) is 7.42. The van der Waals surface area contributed by atoms with Gasteiger partial charge in [0.15, 0.2) is 0 Å². The predicted molar refractivity (Wildman–Crippen MR) is 92.2 cm³/mol. The molecule has 0 fully saturated rings. The third-order valence-corrected chi connectivity index (χ3v) is 4.69. The van der Waals surface area contributed by atoms with E-state index in [2.05, 4.69) is 55.3 Å². The molecule has 2 rings (SSSR count). The Balaban J connectivity index is 2.13. The Morgan fingerprint density at radius 3 is 2.48 bits per heavy atom. The molecule has 0 spiro atoms. The Labute approximate surface area is 136 Å². The van der Waals surface area contributed by atoms with Crippen molar-refractivity contribution in [3.8, 4) is 0 Å². The van der Waals surface area contributed by atoms with E-state index < -0.39 is 0 Å². The highest BCUT2D eigenvalue weighted by molar-refractivity contribution is 7.99. The van der Waals surface area contributed by atoms with Crippen molar-refractivity contribution in [1.29, 1.82) is 0 Å². The maximum Gasteiger partial charge on any atom is 0.0964 e. The van der Waals surface area contributed by atoms with E-state index in [0.29, 0.717) is 16.3 Å². The first-order valence-electron chi connectivity index (χ1n) is 7.18. The molecular formula is C17H21ClN2S. The zero-order valence-corrected chi connectivity index (χ0v) is 14.2. The third-order valence-electron chi connectivity index (χ3n) is 3.34.